The lowest BCUT2D eigenvalue weighted by molar-refractivity contribution is 0.0994. The molecule has 4 rings (SSSR count). The van der Waals surface area contributed by atoms with E-state index in [9.17, 15) is 10.1 Å². The maximum Gasteiger partial charge on any atom is 0.292 e. The largest absolute Gasteiger partial charge is 0.444 e. The second-order valence-corrected chi connectivity index (χ2v) is 7.06. The highest BCUT2D eigenvalue weighted by atomic mass is 79.9. The molecule has 0 saturated heterocycles. The lowest BCUT2D eigenvalue weighted by atomic mass is 10.2. The van der Waals surface area contributed by atoms with Gasteiger partial charge in [0, 0.05) is 6.54 Å². The minimum atomic E-state index is -0.438. The van der Waals surface area contributed by atoms with Crippen molar-refractivity contribution in [3.05, 3.63) is 52.4 Å². The highest BCUT2D eigenvalue weighted by Gasteiger charge is 2.23. The number of rotatable bonds is 5. The van der Waals surface area contributed by atoms with Gasteiger partial charge in [-0.05, 0) is 46.6 Å². The topological polar surface area (TPSA) is 96.7 Å². The van der Waals surface area contributed by atoms with Crippen LogP contribution in [-0.4, -0.2) is 20.4 Å². The van der Waals surface area contributed by atoms with Gasteiger partial charge in [0.15, 0.2) is 16.1 Å². The summed E-state index contributed by atoms with van der Waals surface area (Å²) in [6, 6.07) is 12.9. The predicted octanol–water partition coefficient (Wildman–Crippen LogP) is 4.86. The van der Waals surface area contributed by atoms with Crippen LogP contribution < -0.4 is 5.32 Å². The number of hydrogen-bond acceptors (Lipinski definition) is 5. The number of halogens is 1. The van der Waals surface area contributed by atoms with Crippen LogP contribution in [0.3, 0.4) is 0 Å². The van der Waals surface area contributed by atoms with Crippen LogP contribution in [0, 0.1) is 11.3 Å². The second kappa shape index (κ2) is 7.44. The monoisotopic (exact) mass is 437 g/mol. The number of carbonyl (C=O) groups is 1. The molecule has 0 bridgehead atoms. The summed E-state index contributed by atoms with van der Waals surface area (Å²) in [6.07, 6.45) is 1.83. The van der Waals surface area contributed by atoms with E-state index in [1.54, 1.807) is 12.1 Å². The average molecular weight is 438 g/mol. The summed E-state index contributed by atoms with van der Waals surface area (Å²) in [5, 5.41) is 12.6. The number of unbranched alkanes of at least 4 members (excludes halogenated alkanes) is 1. The van der Waals surface area contributed by atoms with E-state index in [1.165, 1.54) is 0 Å². The number of amides is 1. The Balaban J connectivity index is 1.90. The molecular formula is C20H16BrN5O2. The third kappa shape index (κ3) is 3.14. The Morgan fingerprint density at radius 1 is 1.25 bits per heavy atom. The van der Waals surface area contributed by atoms with Gasteiger partial charge in [-0.2, -0.15) is 5.26 Å². The fourth-order valence-electron chi connectivity index (χ4n) is 3.07. The normalized spacial score (nSPS) is 11.0. The van der Waals surface area contributed by atoms with E-state index in [0.29, 0.717) is 39.3 Å². The molecule has 0 atom stereocenters. The van der Waals surface area contributed by atoms with E-state index in [0.717, 1.165) is 18.4 Å². The Morgan fingerprint density at radius 2 is 2.00 bits per heavy atom. The van der Waals surface area contributed by atoms with Gasteiger partial charge >= 0.3 is 0 Å². The fraction of sp³-hybridized carbons (Fsp3) is 0.200. The van der Waals surface area contributed by atoms with E-state index in [-0.39, 0.29) is 5.76 Å². The third-order valence-electron chi connectivity index (χ3n) is 4.43. The van der Waals surface area contributed by atoms with Gasteiger partial charge in [-0.15, -0.1) is 0 Å². The predicted molar refractivity (Wildman–Crippen MR) is 109 cm³/mol. The van der Waals surface area contributed by atoms with Crippen LogP contribution in [0.2, 0.25) is 0 Å². The average Bonchev–Trinajstić information content (AvgIpc) is 3.25. The van der Waals surface area contributed by atoms with Crippen LogP contribution in [0.25, 0.3) is 22.2 Å². The molecule has 0 spiro atoms. The van der Waals surface area contributed by atoms with Crippen molar-refractivity contribution in [2.75, 3.05) is 5.32 Å². The number of furan rings is 1. The SMILES string of the molecule is CCCCn1c(NC(=O)c2ccc(Br)o2)c(C#N)c2nc3ccccc3nc21. The van der Waals surface area contributed by atoms with Crippen LogP contribution in [-0.2, 0) is 6.54 Å². The Hall–Kier alpha value is -3.18. The van der Waals surface area contributed by atoms with Crippen molar-refractivity contribution < 1.29 is 9.21 Å². The van der Waals surface area contributed by atoms with Crippen LogP contribution in [0.4, 0.5) is 5.82 Å². The van der Waals surface area contributed by atoms with Gasteiger partial charge in [-0.3, -0.25) is 4.79 Å². The number of aryl methyl sites for hydroxylation is 1. The molecule has 0 radical (unpaired) electrons. The first-order valence-corrected chi connectivity index (χ1v) is 9.67. The van der Waals surface area contributed by atoms with Crippen LogP contribution >= 0.6 is 15.9 Å². The number of anilines is 1. The van der Waals surface area contributed by atoms with E-state index in [1.807, 2.05) is 28.8 Å². The molecule has 4 aromatic rings. The molecule has 1 N–H and O–H groups in total. The fourth-order valence-corrected chi connectivity index (χ4v) is 3.38. The molecule has 8 heteroatoms. The Bertz CT molecular complexity index is 1230. The standard InChI is InChI=1S/C20H16BrN5O2/c1-2-3-10-26-18(25-20(27)15-8-9-16(21)28-15)12(11-22)17-19(26)24-14-7-5-4-6-13(14)23-17/h4-9H,2-3,10H2,1H3,(H,25,27). The quantitative estimate of drug-likeness (QED) is 0.480. The first-order chi connectivity index (χ1) is 13.6. The number of nitrogens with zero attached hydrogens (tertiary/aromatic N) is 4. The molecular weight excluding hydrogens is 422 g/mol. The van der Waals surface area contributed by atoms with Crippen molar-refractivity contribution in [2.45, 2.75) is 26.3 Å². The van der Waals surface area contributed by atoms with Crippen molar-refractivity contribution in [3.8, 4) is 6.07 Å². The summed E-state index contributed by atoms with van der Waals surface area (Å²) in [5.41, 5.74) is 2.80. The van der Waals surface area contributed by atoms with Crippen LogP contribution in [0.15, 0.2) is 45.5 Å². The van der Waals surface area contributed by atoms with Gasteiger partial charge in [0.05, 0.1) is 11.0 Å². The van der Waals surface area contributed by atoms with E-state index < -0.39 is 5.91 Å². The van der Waals surface area contributed by atoms with Gasteiger partial charge in [0.25, 0.3) is 5.91 Å². The zero-order chi connectivity index (χ0) is 19.7. The molecule has 1 aromatic carbocycles. The first kappa shape index (κ1) is 18.2. The Morgan fingerprint density at radius 3 is 2.64 bits per heavy atom. The molecule has 0 unspecified atom stereocenters. The number of para-hydroxylation sites is 2. The molecule has 7 nitrogen and oxygen atoms in total. The lowest BCUT2D eigenvalue weighted by Crippen LogP contribution is -2.15. The van der Waals surface area contributed by atoms with Crippen molar-refractivity contribution in [2.24, 2.45) is 0 Å². The van der Waals surface area contributed by atoms with Crippen LogP contribution in [0.5, 0.6) is 0 Å². The van der Waals surface area contributed by atoms with Crippen molar-refractivity contribution in [3.63, 3.8) is 0 Å². The highest BCUT2D eigenvalue weighted by Crippen LogP contribution is 2.30. The number of nitriles is 1. The summed E-state index contributed by atoms with van der Waals surface area (Å²) in [4.78, 5) is 22.0. The minimum absolute atomic E-state index is 0.147. The summed E-state index contributed by atoms with van der Waals surface area (Å²) in [6.45, 7) is 2.69. The minimum Gasteiger partial charge on any atom is -0.444 e. The third-order valence-corrected chi connectivity index (χ3v) is 4.85. The molecule has 3 aromatic heterocycles. The molecule has 28 heavy (non-hydrogen) atoms. The number of hydrogen-bond donors (Lipinski definition) is 1. The molecule has 0 aliphatic rings. The van der Waals surface area contributed by atoms with Crippen molar-refractivity contribution in [1.29, 1.82) is 5.26 Å². The maximum atomic E-state index is 12.6. The van der Waals surface area contributed by atoms with Gasteiger partial charge < -0.3 is 14.3 Å². The highest BCUT2D eigenvalue weighted by molar-refractivity contribution is 9.10. The molecule has 0 aliphatic heterocycles. The number of aromatic nitrogens is 3. The zero-order valence-electron chi connectivity index (χ0n) is 15.1. The van der Waals surface area contributed by atoms with Gasteiger partial charge in [-0.25, -0.2) is 9.97 Å². The van der Waals surface area contributed by atoms with Crippen LogP contribution in [0.1, 0.15) is 35.9 Å². The van der Waals surface area contributed by atoms with E-state index in [2.05, 4.69) is 39.2 Å². The zero-order valence-corrected chi connectivity index (χ0v) is 16.7. The molecule has 0 aliphatic carbocycles. The number of carbonyl (C=O) groups excluding carboxylic acids is 1. The molecule has 0 saturated carbocycles. The lowest BCUT2D eigenvalue weighted by Gasteiger charge is -2.10. The smallest absolute Gasteiger partial charge is 0.292 e. The van der Waals surface area contributed by atoms with Crippen molar-refractivity contribution in [1.82, 2.24) is 14.5 Å². The number of benzene rings is 1. The van der Waals surface area contributed by atoms with Gasteiger partial charge in [0.2, 0.25) is 0 Å². The number of fused-ring (bicyclic) bond motifs is 2. The Labute approximate surface area is 169 Å². The van der Waals surface area contributed by atoms with E-state index in [4.69, 9.17) is 9.40 Å². The summed E-state index contributed by atoms with van der Waals surface area (Å²) < 4.78 is 7.64. The van der Waals surface area contributed by atoms with Gasteiger partial charge in [-0.1, -0.05) is 25.5 Å². The summed E-state index contributed by atoms with van der Waals surface area (Å²) >= 11 is 3.19. The van der Waals surface area contributed by atoms with Gasteiger partial charge in [0.1, 0.15) is 23.0 Å². The van der Waals surface area contributed by atoms with E-state index >= 15 is 0 Å². The van der Waals surface area contributed by atoms with Crippen molar-refractivity contribution >= 4 is 49.9 Å². The molecule has 1 amide bonds. The Kier molecular flexibility index (Phi) is 4.84. The summed E-state index contributed by atoms with van der Waals surface area (Å²) in [7, 11) is 0. The summed E-state index contributed by atoms with van der Waals surface area (Å²) in [5.74, 6) is 0.0974. The maximum absolute atomic E-state index is 12.6. The second-order valence-electron chi connectivity index (χ2n) is 6.28. The molecule has 3 heterocycles. The number of nitrogens with one attached hydrogen (secondary N) is 1. The molecule has 0 fully saturated rings. The first-order valence-electron chi connectivity index (χ1n) is 8.88. The molecule has 140 valence electrons.